The number of alkyl halides is 2. The van der Waals surface area contributed by atoms with E-state index in [0.29, 0.717) is 0 Å². The molecule has 1 aromatic rings. The molecule has 0 saturated heterocycles. The highest BCUT2D eigenvalue weighted by Gasteiger charge is 2.19. The number of benzene rings is 1. The van der Waals surface area contributed by atoms with E-state index < -0.39 is 34.5 Å². The maximum Gasteiger partial charge on any atom is 0.337 e. The number of halogens is 2. The van der Waals surface area contributed by atoms with Crippen LogP contribution in [0, 0.1) is 0 Å². The van der Waals surface area contributed by atoms with Gasteiger partial charge in [-0.05, 0) is 18.2 Å². The van der Waals surface area contributed by atoms with Gasteiger partial charge >= 0.3 is 5.97 Å². The Bertz CT molecular complexity index is 589. The minimum Gasteiger partial charge on any atom is -0.478 e. The van der Waals surface area contributed by atoms with E-state index in [9.17, 15) is 22.0 Å². The summed E-state index contributed by atoms with van der Waals surface area (Å²) in [6, 6.07) is 3.04. The van der Waals surface area contributed by atoms with Crippen molar-refractivity contribution >= 4 is 21.7 Å². The number of carboxylic acids is 1. The summed E-state index contributed by atoms with van der Waals surface area (Å²) in [5.74, 6) is -1.43. The maximum atomic E-state index is 12.3. The summed E-state index contributed by atoms with van der Waals surface area (Å²) < 4.78 is 46.8. The van der Waals surface area contributed by atoms with Gasteiger partial charge in [-0.1, -0.05) is 0 Å². The molecular formula is C10H12F2N2O4S. The Morgan fingerprint density at radius 1 is 1.47 bits per heavy atom. The quantitative estimate of drug-likeness (QED) is 0.834. The zero-order valence-corrected chi connectivity index (χ0v) is 10.7. The molecule has 3 N–H and O–H groups in total. The van der Waals surface area contributed by atoms with Gasteiger partial charge in [-0.2, -0.15) is 0 Å². The molecule has 1 rings (SSSR count). The summed E-state index contributed by atoms with van der Waals surface area (Å²) in [5.41, 5.74) is -0.421. The number of carboxylic acid groups (broad SMARTS) is 1. The second-order valence-electron chi connectivity index (χ2n) is 3.80. The number of aromatic carboxylic acids is 1. The molecule has 0 aliphatic rings. The SMILES string of the molecule is CN(CC(F)F)c1ccc(S(N)(=O)=O)cc1C(=O)O. The van der Waals surface area contributed by atoms with Crippen LogP contribution in [0.4, 0.5) is 14.5 Å². The Hall–Kier alpha value is -1.74. The molecule has 0 aliphatic carbocycles. The monoisotopic (exact) mass is 294 g/mol. The van der Waals surface area contributed by atoms with E-state index in [1.54, 1.807) is 0 Å². The fraction of sp³-hybridized carbons (Fsp3) is 0.300. The van der Waals surface area contributed by atoms with E-state index in [0.717, 1.165) is 23.1 Å². The molecular weight excluding hydrogens is 282 g/mol. The third-order valence-electron chi connectivity index (χ3n) is 2.35. The number of nitrogens with zero attached hydrogens (tertiary/aromatic N) is 1. The lowest BCUT2D eigenvalue weighted by Crippen LogP contribution is -2.26. The van der Waals surface area contributed by atoms with Crippen LogP contribution in [0.5, 0.6) is 0 Å². The molecule has 1 aromatic carbocycles. The van der Waals surface area contributed by atoms with E-state index in [-0.39, 0.29) is 10.6 Å². The minimum absolute atomic E-state index is 0.0137. The molecule has 0 spiro atoms. The average Bonchev–Trinajstić information content (AvgIpc) is 2.25. The predicted molar refractivity (Wildman–Crippen MR) is 64.0 cm³/mol. The van der Waals surface area contributed by atoms with Gasteiger partial charge in [0.2, 0.25) is 10.0 Å². The predicted octanol–water partition coefficient (Wildman–Crippen LogP) is 0.734. The number of hydrogen-bond acceptors (Lipinski definition) is 4. The van der Waals surface area contributed by atoms with Crippen molar-refractivity contribution in [2.24, 2.45) is 5.14 Å². The van der Waals surface area contributed by atoms with E-state index >= 15 is 0 Å². The number of primary sulfonamides is 1. The van der Waals surface area contributed by atoms with Crippen molar-refractivity contribution in [1.82, 2.24) is 0 Å². The van der Waals surface area contributed by atoms with Crippen LogP contribution in [0.3, 0.4) is 0 Å². The number of carbonyl (C=O) groups is 1. The van der Waals surface area contributed by atoms with Crippen LogP contribution in [0.15, 0.2) is 23.1 Å². The molecule has 0 aromatic heterocycles. The molecule has 0 amide bonds. The summed E-state index contributed by atoms with van der Waals surface area (Å²) in [4.78, 5) is 11.7. The molecule has 0 saturated carbocycles. The van der Waals surface area contributed by atoms with Gasteiger partial charge in [0.25, 0.3) is 6.43 Å². The second-order valence-corrected chi connectivity index (χ2v) is 5.36. The molecule has 0 aliphatic heterocycles. The average molecular weight is 294 g/mol. The fourth-order valence-electron chi connectivity index (χ4n) is 1.50. The van der Waals surface area contributed by atoms with Crippen molar-refractivity contribution in [3.63, 3.8) is 0 Å². The molecule has 19 heavy (non-hydrogen) atoms. The van der Waals surface area contributed by atoms with Crippen molar-refractivity contribution in [2.45, 2.75) is 11.3 Å². The smallest absolute Gasteiger partial charge is 0.337 e. The minimum atomic E-state index is -4.05. The Balaban J connectivity index is 3.31. The van der Waals surface area contributed by atoms with Crippen LogP contribution < -0.4 is 10.0 Å². The Kier molecular flexibility index (Phi) is 4.43. The Labute approximate surface area is 108 Å². The van der Waals surface area contributed by atoms with Crippen LogP contribution in [-0.2, 0) is 10.0 Å². The standard InChI is InChI=1S/C10H12F2N2O4S/c1-14(5-9(11)12)8-3-2-6(19(13,17)18)4-7(8)10(15)16/h2-4,9H,5H2,1H3,(H,15,16)(H2,13,17,18). The van der Waals surface area contributed by atoms with Gasteiger partial charge in [0.05, 0.1) is 22.7 Å². The zero-order valence-electron chi connectivity index (χ0n) is 9.88. The summed E-state index contributed by atoms with van der Waals surface area (Å²) >= 11 is 0. The first-order valence-corrected chi connectivity index (χ1v) is 6.57. The summed E-state index contributed by atoms with van der Waals surface area (Å²) in [5, 5.41) is 13.9. The second kappa shape index (κ2) is 5.49. The molecule has 106 valence electrons. The lowest BCUT2D eigenvalue weighted by atomic mass is 10.1. The van der Waals surface area contributed by atoms with Crippen LogP contribution in [0.25, 0.3) is 0 Å². The molecule has 0 radical (unpaired) electrons. The van der Waals surface area contributed by atoms with Crippen molar-refractivity contribution < 1.29 is 27.1 Å². The topological polar surface area (TPSA) is 101 Å². The van der Waals surface area contributed by atoms with Gasteiger partial charge in [0, 0.05) is 7.05 Å². The third-order valence-corrected chi connectivity index (χ3v) is 3.26. The van der Waals surface area contributed by atoms with Crippen LogP contribution >= 0.6 is 0 Å². The van der Waals surface area contributed by atoms with Gasteiger partial charge < -0.3 is 10.0 Å². The van der Waals surface area contributed by atoms with E-state index in [1.807, 2.05) is 0 Å². The number of sulfonamides is 1. The Morgan fingerprint density at radius 3 is 2.47 bits per heavy atom. The molecule has 0 bridgehead atoms. The molecule has 0 atom stereocenters. The molecule has 0 fully saturated rings. The molecule has 9 heteroatoms. The van der Waals surface area contributed by atoms with E-state index in [4.69, 9.17) is 10.2 Å². The highest BCUT2D eigenvalue weighted by atomic mass is 32.2. The first-order valence-electron chi connectivity index (χ1n) is 5.02. The first kappa shape index (κ1) is 15.3. The van der Waals surface area contributed by atoms with Gasteiger partial charge in [-0.3, -0.25) is 0 Å². The number of nitrogens with two attached hydrogens (primary N) is 1. The third kappa shape index (κ3) is 3.86. The van der Waals surface area contributed by atoms with Crippen molar-refractivity contribution in [1.29, 1.82) is 0 Å². The van der Waals surface area contributed by atoms with Crippen molar-refractivity contribution in [3.05, 3.63) is 23.8 Å². The zero-order chi connectivity index (χ0) is 14.8. The Morgan fingerprint density at radius 2 is 2.05 bits per heavy atom. The van der Waals surface area contributed by atoms with Gasteiger partial charge in [-0.15, -0.1) is 0 Å². The van der Waals surface area contributed by atoms with Crippen LogP contribution in [0.1, 0.15) is 10.4 Å². The maximum absolute atomic E-state index is 12.3. The van der Waals surface area contributed by atoms with Crippen LogP contribution in [0.2, 0.25) is 0 Å². The largest absolute Gasteiger partial charge is 0.478 e. The van der Waals surface area contributed by atoms with Gasteiger partial charge in [0.1, 0.15) is 0 Å². The lowest BCUT2D eigenvalue weighted by molar-refractivity contribution is 0.0696. The van der Waals surface area contributed by atoms with E-state index in [1.165, 1.54) is 7.05 Å². The summed E-state index contributed by atoms with van der Waals surface area (Å²) in [6.45, 7) is -0.672. The van der Waals surface area contributed by atoms with Gasteiger partial charge in [-0.25, -0.2) is 27.1 Å². The van der Waals surface area contributed by atoms with Crippen LogP contribution in [-0.4, -0.2) is 39.5 Å². The molecule has 0 heterocycles. The highest BCUT2D eigenvalue weighted by molar-refractivity contribution is 7.89. The van der Waals surface area contributed by atoms with Crippen molar-refractivity contribution in [2.75, 3.05) is 18.5 Å². The van der Waals surface area contributed by atoms with E-state index in [2.05, 4.69) is 0 Å². The number of hydrogen-bond donors (Lipinski definition) is 2. The summed E-state index contributed by atoms with van der Waals surface area (Å²) in [6.07, 6.45) is -2.65. The highest BCUT2D eigenvalue weighted by Crippen LogP contribution is 2.23. The van der Waals surface area contributed by atoms with Gasteiger partial charge in [0.15, 0.2) is 0 Å². The first-order chi connectivity index (χ1) is 8.62. The molecule has 6 nitrogen and oxygen atoms in total. The number of rotatable bonds is 5. The summed E-state index contributed by atoms with van der Waals surface area (Å²) in [7, 11) is -2.77. The van der Waals surface area contributed by atoms with Crippen molar-refractivity contribution in [3.8, 4) is 0 Å². The lowest BCUT2D eigenvalue weighted by Gasteiger charge is -2.21. The molecule has 0 unspecified atom stereocenters. The normalized spacial score (nSPS) is 11.6. The number of anilines is 1. The fourth-order valence-corrected chi connectivity index (χ4v) is 2.04.